The lowest BCUT2D eigenvalue weighted by atomic mass is 10.1. The highest BCUT2D eigenvalue weighted by molar-refractivity contribution is 5.81. The molecular weight excluding hydrogens is 340 g/mol. The van der Waals surface area contributed by atoms with Crippen LogP contribution in [0.1, 0.15) is 23.2 Å². The summed E-state index contributed by atoms with van der Waals surface area (Å²) >= 11 is 0. The fourth-order valence-corrected chi connectivity index (χ4v) is 2.95. The normalized spacial score (nSPS) is 12.1. The molecule has 0 saturated heterocycles. The number of benzene rings is 1. The van der Waals surface area contributed by atoms with Gasteiger partial charge in [-0.1, -0.05) is 30.3 Å². The van der Waals surface area contributed by atoms with Crippen molar-refractivity contribution in [3.63, 3.8) is 0 Å². The molecule has 1 atom stereocenters. The summed E-state index contributed by atoms with van der Waals surface area (Å²) in [7, 11) is 1.89. The number of aromatic nitrogens is 4. The van der Waals surface area contributed by atoms with Crippen molar-refractivity contribution >= 4 is 5.91 Å². The first-order valence-electron chi connectivity index (χ1n) is 9.15. The highest BCUT2D eigenvalue weighted by Crippen LogP contribution is 2.06. The number of rotatable bonds is 9. The third-order valence-corrected chi connectivity index (χ3v) is 4.36. The number of hydrogen-bond donors (Lipinski definition) is 2. The molecule has 0 bridgehead atoms. The van der Waals surface area contributed by atoms with E-state index in [4.69, 9.17) is 5.73 Å². The molecule has 7 heteroatoms. The first kappa shape index (κ1) is 18.8. The van der Waals surface area contributed by atoms with E-state index in [9.17, 15) is 4.79 Å². The van der Waals surface area contributed by atoms with Crippen LogP contribution in [0.4, 0.5) is 0 Å². The number of nitrogens with one attached hydrogen (secondary N) is 1. The number of nitrogens with two attached hydrogens (primary N) is 1. The van der Waals surface area contributed by atoms with E-state index in [2.05, 4.69) is 27.5 Å². The molecule has 3 aromatic rings. The molecule has 0 fully saturated rings. The van der Waals surface area contributed by atoms with Gasteiger partial charge in [-0.05, 0) is 24.0 Å². The second-order valence-corrected chi connectivity index (χ2v) is 6.75. The van der Waals surface area contributed by atoms with Gasteiger partial charge in [0.25, 0.3) is 0 Å². The van der Waals surface area contributed by atoms with Crippen LogP contribution in [0.25, 0.3) is 0 Å². The van der Waals surface area contributed by atoms with Gasteiger partial charge in [-0.3, -0.25) is 9.48 Å². The van der Waals surface area contributed by atoms with Gasteiger partial charge in [-0.25, -0.2) is 4.98 Å². The Morgan fingerprint density at radius 1 is 1.22 bits per heavy atom. The second-order valence-electron chi connectivity index (χ2n) is 6.75. The van der Waals surface area contributed by atoms with Crippen molar-refractivity contribution in [2.75, 3.05) is 6.54 Å². The zero-order valence-electron chi connectivity index (χ0n) is 15.6. The van der Waals surface area contributed by atoms with Crippen molar-refractivity contribution < 1.29 is 4.79 Å². The molecule has 3 N–H and O–H groups in total. The zero-order valence-corrected chi connectivity index (χ0v) is 15.6. The van der Waals surface area contributed by atoms with Gasteiger partial charge in [0.05, 0.1) is 24.3 Å². The van der Waals surface area contributed by atoms with Gasteiger partial charge in [-0.2, -0.15) is 5.10 Å². The van der Waals surface area contributed by atoms with E-state index < -0.39 is 6.04 Å². The fourth-order valence-electron chi connectivity index (χ4n) is 2.95. The van der Waals surface area contributed by atoms with Crippen LogP contribution in [-0.4, -0.2) is 37.8 Å². The maximum atomic E-state index is 12.2. The lowest BCUT2D eigenvalue weighted by Gasteiger charge is -2.10. The molecule has 2 aromatic heterocycles. The third kappa shape index (κ3) is 5.79. The topological polar surface area (TPSA) is 90.8 Å². The molecule has 0 unspecified atom stereocenters. The Morgan fingerprint density at radius 2 is 2.04 bits per heavy atom. The molecule has 0 spiro atoms. The Bertz CT molecular complexity index is 854. The quantitative estimate of drug-likeness (QED) is 0.558. The summed E-state index contributed by atoms with van der Waals surface area (Å²) in [6.07, 6.45) is 9.72. The molecule has 0 aliphatic carbocycles. The molecule has 0 saturated carbocycles. The molecule has 7 nitrogen and oxygen atoms in total. The van der Waals surface area contributed by atoms with Crippen molar-refractivity contribution in [3.05, 3.63) is 72.1 Å². The minimum Gasteiger partial charge on any atom is -0.355 e. The Kier molecular flexibility index (Phi) is 6.38. The predicted molar refractivity (Wildman–Crippen MR) is 104 cm³/mol. The average molecular weight is 366 g/mol. The van der Waals surface area contributed by atoms with Crippen molar-refractivity contribution in [2.24, 2.45) is 12.8 Å². The molecule has 0 aliphatic heterocycles. The molecule has 0 radical (unpaired) electrons. The Morgan fingerprint density at radius 3 is 2.78 bits per heavy atom. The average Bonchev–Trinajstić information content (AvgIpc) is 3.28. The van der Waals surface area contributed by atoms with Crippen LogP contribution in [-0.2, 0) is 31.2 Å². The van der Waals surface area contributed by atoms with Crippen molar-refractivity contribution in [3.8, 4) is 0 Å². The van der Waals surface area contributed by atoms with Crippen LogP contribution in [0.2, 0.25) is 0 Å². The van der Waals surface area contributed by atoms with E-state index in [1.165, 1.54) is 11.1 Å². The van der Waals surface area contributed by atoms with Gasteiger partial charge in [0.1, 0.15) is 0 Å². The van der Waals surface area contributed by atoms with Gasteiger partial charge in [-0.15, -0.1) is 0 Å². The minimum absolute atomic E-state index is 0.140. The summed E-state index contributed by atoms with van der Waals surface area (Å²) in [5.74, 6) is -0.140. The van der Waals surface area contributed by atoms with E-state index in [0.29, 0.717) is 13.0 Å². The van der Waals surface area contributed by atoms with Gasteiger partial charge in [0.2, 0.25) is 5.91 Å². The highest BCUT2D eigenvalue weighted by Gasteiger charge is 2.15. The van der Waals surface area contributed by atoms with Gasteiger partial charge >= 0.3 is 0 Å². The lowest BCUT2D eigenvalue weighted by Crippen LogP contribution is -2.42. The van der Waals surface area contributed by atoms with Gasteiger partial charge < -0.3 is 15.6 Å². The first-order chi connectivity index (χ1) is 13.1. The summed E-state index contributed by atoms with van der Waals surface area (Å²) in [5.41, 5.74) is 9.23. The molecule has 1 aromatic carbocycles. The number of carbonyl (C=O) groups excluding carboxylic acids is 1. The van der Waals surface area contributed by atoms with Crippen molar-refractivity contribution in [1.82, 2.24) is 24.6 Å². The van der Waals surface area contributed by atoms with E-state index in [1.807, 2.05) is 48.4 Å². The number of aryl methyl sites for hydroxylation is 2. The van der Waals surface area contributed by atoms with Gasteiger partial charge in [0.15, 0.2) is 0 Å². The molecular formula is C20H26N6O. The largest absolute Gasteiger partial charge is 0.355 e. The summed E-state index contributed by atoms with van der Waals surface area (Å²) in [5, 5.41) is 7.03. The molecule has 3 rings (SSSR count). The van der Waals surface area contributed by atoms with Crippen LogP contribution < -0.4 is 11.1 Å². The van der Waals surface area contributed by atoms with E-state index in [-0.39, 0.29) is 5.91 Å². The first-order valence-corrected chi connectivity index (χ1v) is 9.15. The highest BCUT2D eigenvalue weighted by atomic mass is 16.2. The van der Waals surface area contributed by atoms with Crippen molar-refractivity contribution in [2.45, 2.75) is 31.8 Å². The molecule has 1 amide bonds. The number of amides is 1. The summed E-state index contributed by atoms with van der Waals surface area (Å²) in [4.78, 5) is 16.5. The lowest BCUT2D eigenvalue weighted by molar-refractivity contribution is -0.122. The minimum atomic E-state index is -0.594. The monoisotopic (exact) mass is 366 g/mol. The molecule has 2 heterocycles. The van der Waals surface area contributed by atoms with Crippen LogP contribution in [0.15, 0.2) is 55.2 Å². The maximum Gasteiger partial charge on any atom is 0.237 e. The van der Waals surface area contributed by atoms with E-state index in [0.717, 1.165) is 25.1 Å². The summed E-state index contributed by atoms with van der Waals surface area (Å²) < 4.78 is 3.78. The number of hydrogen-bond acceptors (Lipinski definition) is 4. The zero-order chi connectivity index (χ0) is 19.1. The fraction of sp³-hybridized carbons (Fsp3) is 0.350. The van der Waals surface area contributed by atoms with Crippen LogP contribution >= 0.6 is 0 Å². The van der Waals surface area contributed by atoms with E-state index in [1.54, 1.807) is 11.0 Å². The Labute approximate surface area is 159 Å². The molecule has 27 heavy (non-hydrogen) atoms. The molecule has 142 valence electrons. The van der Waals surface area contributed by atoms with E-state index >= 15 is 0 Å². The standard InChI is InChI=1S/C20H26N6O/c1-25-12-17(11-24-25)8-5-9-22-20(27)19(21)10-18-14-26(15-23-18)13-16-6-3-2-4-7-16/h2-4,6-7,11-12,14-15,19H,5,8-10,13,21H2,1H3,(H,22,27)/t19-/m0/s1. The number of carbonyl (C=O) groups is 1. The summed E-state index contributed by atoms with van der Waals surface area (Å²) in [6, 6.07) is 9.58. The van der Waals surface area contributed by atoms with Crippen LogP contribution in [0.5, 0.6) is 0 Å². The SMILES string of the molecule is Cn1cc(CCCNC(=O)[C@@H](N)Cc2cn(Cc3ccccc3)cn2)cn1. The Hall–Kier alpha value is -2.93. The van der Waals surface area contributed by atoms with Crippen molar-refractivity contribution in [1.29, 1.82) is 0 Å². The Balaban J connectivity index is 1.40. The van der Waals surface area contributed by atoms with Crippen LogP contribution in [0.3, 0.4) is 0 Å². The maximum absolute atomic E-state index is 12.2. The second kappa shape index (κ2) is 9.14. The van der Waals surface area contributed by atoms with Crippen LogP contribution in [0, 0.1) is 0 Å². The third-order valence-electron chi connectivity index (χ3n) is 4.36. The van der Waals surface area contributed by atoms with Gasteiger partial charge in [0, 0.05) is 39.0 Å². The summed E-state index contributed by atoms with van der Waals surface area (Å²) in [6.45, 7) is 1.35. The predicted octanol–water partition coefficient (Wildman–Crippen LogP) is 1.28. The number of nitrogens with zero attached hydrogens (tertiary/aromatic N) is 4. The smallest absolute Gasteiger partial charge is 0.237 e. The molecule has 0 aliphatic rings. The number of imidazole rings is 1.